The first-order valence-electron chi connectivity index (χ1n) is 6.87. The number of terminal acetylenes is 1. The van der Waals surface area contributed by atoms with Crippen LogP contribution in [0.2, 0.25) is 19.6 Å². The van der Waals surface area contributed by atoms with E-state index in [4.69, 9.17) is 10.8 Å². The van der Waals surface area contributed by atoms with Crippen molar-refractivity contribution >= 4 is 8.32 Å². The van der Waals surface area contributed by atoms with Gasteiger partial charge in [0, 0.05) is 11.8 Å². The van der Waals surface area contributed by atoms with Gasteiger partial charge in [0.25, 0.3) is 0 Å². The Kier molecular flexibility index (Phi) is 5.28. The van der Waals surface area contributed by atoms with E-state index in [-0.39, 0.29) is 5.41 Å². The van der Waals surface area contributed by atoms with Gasteiger partial charge in [-0.3, -0.25) is 0 Å². The molecule has 0 N–H and O–H groups in total. The average Bonchev–Trinajstić information content (AvgIpc) is 2.65. The summed E-state index contributed by atoms with van der Waals surface area (Å²) in [4.78, 5) is 0. The topological polar surface area (TPSA) is 9.23 Å². The highest BCUT2D eigenvalue weighted by Crippen LogP contribution is 2.48. The van der Waals surface area contributed by atoms with E-state index in [2.05, 4.69) is 38.2 Å². The molecule has 0 amide bonds. The third-order valence-electron chi connectivity index (χ3n) is 3.47. The van der Waals surface area contributed by atoms with Gasteiger partial charge in [-0.15, -0.1) is 18.9 Å². The molecule has 0 bridgehead atoms. The number of rotatable bonds is 7. The molecule has 0 aromatic carbocycles. The van der Waals surface area contributed by atoms with Crippen LogP contribution in [0.15, 0.2) is 24.5 Å². The first kappa shape index (κ1) is 15.1. The quantitative estimate of drug-likeness (QED) is 0.361. The summed E-state index contributed by atoms with van der Waals surface area (Å²) in [6.07, 6.45) is 16.1. The van der Waals surface area contributed by atoms with E-state index < -0.39 is 8.32 Å². The molecule has 18 heavy (non-hydrogen) atoms. The summed E-state index contributed by atoms with van der Waals surface area (Å²) in [6, 6.07) is 0. The second-order valence-electron chi connectivity index (χ2n) is 6.13. The molecule has 1 atom stereocenters. The first-order chi connectivity index (χ1) is 8.43. The molecule has 100 valence electrons. The second kappa shape index (κ2) is 6.29. The molecule has 1 unspecified atom stereocenters. The van der Waals surface area contributed by atoms with E-state index in [9.17, 15) is 0 Å². The van der Waals surface area contributed by atoms with Crippen LogP contribution in [0.4, 0.5) is 0 Å². The molecule has 0 radical (unpaired) electrons. The minimum absolute atomic E-state index is 0.181. The molecule has 0 saturated carbocycles. The molecule has 0 aromatic heterocycles. The molecule has 1 nitrogen and oxygen atoms in total. The highest BCUT2D eigenvalue weighted by atomic mass is 28.4. The summed E-state index contributed by atoms with van der Waals surface area (Å²) < 4.78 is 6.31. The van der Waals surface area contributed by atoms with Crippen molar-refractivity contribution in [2.24, 2.45) is 5.41 Å². The Balaban J connectivity index is 2.84. The van der Waals surface area contributed by atoms with Gasteiger partial charge in [0.05, 0.1) is 5.76 Å². The lowest BCUT2D eigenvalue weighted by Gasteiger charge is -2.35. The minimum Gasteiger partial charge on any atom is -0.547 e. The summed E-state index contributed by atoms with van der Waals surface area (Å²) in [5, 5.41) is 0. The second-order valence-corrected chi connectivity index (χ2v) is 10.6. The number of hydrogen-bond acceptors (Lipinski definition) is 1. The lowest BCUT2D eigenvalue weighted by molar-refractivity contribution is 0.207. The maximum absolute atomic E-state index is 6.31. The Hall–Kier alpha value is -0.943. The highest BCUT2D eigenvalue weighted by Gasteiger charge is 2.39. The fourth-order valence-corrected chi connectivity index (χ4v) is 3.57. The third kappa shape index (κ3) is 4.06. The normalized spacial score (nSPS) is 23.3. The van der Waals surface area contributed by atoms with Gasteiger partial charge >= 0.3 is 0 Å². The summed E-state index contributed by atoms with van der Waals surface area (Å²) in [7, 11) is -1.54. The van der Waals surface area contributed by atoms with Crippen molar-refractivity contribution in [1.29, 1.82) is 0 Å². The Labute approximate surface area is 113 Å². The molecule has 0 aliphatic heterocycles. The minimum atomic E-state index is -1.54. The average molecular weight is 262 g/mol. The van der Waals surface area contributed by atoms with Crippen LogP contribution in [0.3, 0.4) is 0 Å². The smallest absolute Gasteiger partial charge is 0.241 e. The Morgan fingerprint density at radius 1 is 1.50 bits per heavy atom. The van der Waals surface area contributed by atoms with E-state index >= 15 is 0 Å². The summed E-state index contributed by atoms with van der Waals surface area (Å²) >= 11 is 0. The first-order valence-corrected chi connectivity index (χ1v) is 10.3. The predicted molar refractivity (Wildman–Crippen MR) is 81.7 cm³/mol. The molecule has 0 spiro atoms. The molecule has 2 heteroatoms. The third-order valence-corrected chi connectivity index (χ3v) is 4.30. The zero-order chi connectivity index (χ0) is 13.6. The van der Waals surface area contributed by atoms with Gasteiger partial charge in [0.2, 0.25) is 8.32 Å². The maximum atomic E-state index is 6.31. The fraction of sp³-hybridized carbons (Fsp3) is 0.625. The Morgan fingerprint density at radius 3 is 2.78 bits per heavy atom. The molecule has 1 aliphatic rings. The zero-order valence-corrected chi connectivity index (χ0v) is 13.1. The van der Waals surface area contributed by atoms with Gasteiger partial charge in [-0.1, -0.05) is 6.08 Å². The van der Waals surface area contributed by atoms with E-state index in [0.717, 1.165) is 32.1 Å². The number of allylic oxidation sites excluding steroid dienone is 3. The molecular formula is C16H26OSi. The van der Waals surface area contributed by atoms with Crippen LogP contribution in [0, 0.1) is 17.8 Å². The largest absolute Gasteiger partial charge is 0.547 e. The van der Waals surface area contributed by atoms with Crippen LogP contribution in [0.1, 0.15) is 38.5 Å². The summed E-state index contributed by atoms with van der Waals surface area (Å²) in [5.41, 5.74) is 0.181. The fourth-order valence-electron chi connectivity index (χ4n) is 2.61. The van der Waals surface area contributed by atoms with Crippen LogP contribution in [-0.2, 0) is 4.43 Å². The molecule has 0 saturated heterocycles. The molecule has 1 aliphatic carbocycles. The van der Waals surface area contributed by atoms with Crippen molar-refractivity contribution < 1.29 is 4.43 Å². The number of hydrogen-bond donors (Lipinski definition) is 0. The van der Waals surface area contributed by atoms with E-state index in [1.807, 2.05) is 6.08 Å². The van der Waals surface area contributed by atoms with Crippen molar-refractivity contribution in [1.82, 2.24) is 0 Å². The monoisotopic (exact) mass is 262 g/mol. The SMILES string of the molecule is C#CCCC1(CCC=C)CCC=C1O[Si](C)(C)C. The zero-order valence-electron chi connectivity index (χ0n) is 12.1. The van der Waals surface area contributed by atoms with Crippen LogP contribution >= 0.6 is 0 Å². The van der Waals surface area contributed by atoms with Crippen LogP contribution in [0.25, 0.3) is 0 Å². The molecule has 0 fully saturated rings. The van der Waals surface area contributed by atoms with Crippen LogP contribution < -0.4 is 0 Å². The summed E-state index contributed by atoms with van der Waals surface area (Å²) in [6.45, 7) is 10.6. The Bertz CT molecular complexity index is 356. The van der Waals surface area contributed by atoms with Gasteiger partial charge in [-0.25, -0.2) is 0 Å². The highest BCUT2D eigenvalue weighted by molar-refractivity contribution is 6.70. The van der Waals surface area contributed by atoms with Crippen molar-refractivity contribution in [3.63, 3.8) is 0 Å². The molecule has 1 rings (SSSR count). The lowest BCUT2D eigenvalue weighted by Crippen LogP contribution is -2.31. The van der Waals surface area contributed by atoms with Gasteiger partial charge in [-0.2, -0.15) is 0 Å². The standard InChI is InChI=1S/C16H26OSi/c1-6-8-12-16(13-9-7-2)14-10-11-15(16)17-18(3,4)5/h1,7,11H,2,8-10,12-14H2,3-5H3. The van der Waals surface area contributed by atoms with Crippen molar-refractivity contribution in [2.75, 3.05) is 0 Å². The van der Waals surface area contributed by atoms with Crippen molar-refractivity contribution in [3.8, 4) is 12.3 Å². The summed E-state index contributed by atoms with van der Waals surface area (Å²) in [5.74, 6) is 4.00. The van der Waals surface area contributed by atoms with E-state index in [1.54, 1.807) is 0 Å². The maximum Gasteiger partial charge on any atom is 0.241 e. The predicted octanol–water partition coefficient (Wildman–Crippen LogP) is 4.88. The molecular weight excluding hydrogens is 236 g/mol. The van der Waals surface area contributed by atoms with Crippen molar-refractivity contribution in [3.05, 3.63) is 24.5 Å². The Morgan fingerprint density at radius 2 is 2.22 bits per heavy atom. The van der Waals surface area contributed by atoms with Crippen LogP contribution in [-0.4, -0.2) is 8.32 Å². The van der Waals surface area contributed by atoms with Crippen LogP contribution in [0.5, 0.6) is 0 Å². The molecule has 0 heterocycles. The van der Waals surface area contributed by atoms with E-state index in [0.29, 0.717) is 0 Å². The van der Waals surface area contributed by atoms with E-state index in [1.165, 1.54) is 12.2 Å². The molecule has 0 aromatic rings. The van der Waals surface area contributed by atoms with Crippen molar-refractivity contribution in [2.45, 2.75) is 58.2 Å². The van der Waals surface area contributed by atoms with Gasteiger partial charge in [0.15, 0.2) is 0 Å². The van der Waals surface area contributed by atoms with Gasteiger partial charge in [-0.05, 0) is 57.8 Å². The lowest BCUT2D eigenvalue weighted by atomic mass is 9.77. The van der Waals surface area contributed by atoms with Gasteiger partial charge in [0.1, 0.15) is 0 Å². The van der Waals surface area contributed by atoms with Gasteiger partial charge < -0.3 is 4.43 Å².